The van der Waals surface area contributed by atoms with Gasteiger partial charge >= 0.3 is 0 Å². The number of hydrogen-bond donors (Lipinski definition) is 1. The largest absolute Gasteiger partial charge is 0.497 e. The molecule has 0 atom stereocenters. The zero-order chi connectivity index (χ0) is 13.8. The van der Waals surface area contributed by atoms with Crippen LogP contribution in [0.25, 0.3) is 0 Å². The molecule has 0 bridgehead atoms. The van der Waals surface area contributed by atoms with E-state index in [1.54, 1.807) is 18.2 Å². The molecule has 0 aliphatic rings. The molecule has 19 heavy (non-hydrogen) atoms. The van der Waals surface area contributed by atoms with Crippen molar-refractivity contribution in [1.29, 1.82) is 0 Å². The van der Waals surface area contributed by atoms with Gasteiger partial charge in [0, 0.05) is 12.6 Å². The second kappa shape index (κ2) is 5.69. The van der Waals surface area contributed by atoms with Gasteiger partial charge in [0.2, 0.25) is 0 Å². The van der Waals surface area contributed by atoms with E-state index in [0.717, 1.165) is 11.1 Å². The number of aryl methyl sites for hydroxylation is 1. The van der Waals surface area contributed by atoms with E-state index in [2.05, 4.69) is 5.32 Å². The van der Waals surface area contributed by atoms with Gasteiger partial charge in [-0.15, -0.1) is 0 Å². The second-order valence-electron chi connectivity index (χ2n) is 4.27. The van der Waals surface area contributed by atoms with Gasteiger partial charge in [0.15, 0.2) is 0 Å². The van der Waals surface area contributed by atoms with Crippen molar-refractivity contribution in [1.82, 2.24) is 0 Å². The van der Waals surface area contributed by atoms with Crippen molar-refractivity contribution >= 4 is 5.69 Å². The Balaban J connectivity index is 2.16. The van der Waals surface area contributed by atoms with Crippen LogP contribution >= 0.6 is 0 Å². The molecule has 0 radical (unpaired) electrons. The standard InChI is InChI=1S/C15H15F2NO/c1-10-3-4-12(16)7-11(10)9-18-15-8-13(19-2)5-6-14(15)17/h3-8,18H,9H2,1-2H3. The van der Waals surface area contributed by atoms with E-state index in [9.17, 15) is 8.78 Å². The number of hydrogen-bond acceptors (Lipinski definition) is 2. The van der Waals surface area contributed by atoms with Crippen LogP contribution in [0, 0.1) is 18.6 Å². The number of nitrogens with one attached hydrogen (secondary N) is 1. The lowest BCUT2D eigenvalue weighted by Crippen LogP contribution is -2.03. The van der Waals surface area contributed by atoms with Crippen LogP contribution in [0.15, 0.2) is 36.4 Å². The van der Waals surface area contributed by atoms with Crippen molar-refractivity contribution < 1.29 is 13.5 Å². The molecule has 0 saturated heterocycles. The summed E-state index contributed by atoms with van der Waals surface area (Å²) in [6, 6.07) is 9.01. The second-order valence-corrected chi connectivity index (χ2v) is 4.27. The van der Waals surface area contributed by atoms with Crippen LogP contribution < -0.4 is 10.1 Å². The Bertz CT molecular complexity index is 584. The van der Waals surface area contributed by atoms with Gasteiger partial charge in [-0.1, -0.05) is 6.07 Å². The highest BCUT2D eigenvalue weighted by Gasteiger charge is 2.05. The van der Waals surface area contributed by atoms with Gasteiger partial charge in [-0.3, -0.25) is 0 Å². The predicted molar refractivity (Wildman–Crippen MR) is 71.4 cm³/mol. The summed E-state index contributed by atoms with van der Waals surface area (Å²) in [7, 11) is 1.52. The van der Waals surface area contributed by atoms with E-state index in [4.69, 9.17) is 4.74 Å². The molecular weight excluding hydrogens is 248 g/mol. The molecule has 2 nitrogen and oxygen atoms in total. The van der Waals surface area contributed by atoms with Crippen LogP contribution in [0.4, 0.5) is 14.5 Å². The third-order valence-electron chi connectivity index (χ3n) is 2.95. The third kappa shape index (κ3) is 3.22. The van der Waals surface area contributed by atoms with Crippen LogP contribution in [0.1, 0.15) is 11.1 Å². The average molecular weight is 263 g/mol. The van der Waals surface area contributed by atoms with Gasteiger partial charge in [-0.05, 0) is 42.3 Å². The van der Waals surface area contributed by atoms with Crippen molar-refractivity contribution in [3.05, 3.63) is 59.2 Å². The normalized spacial score (nSPS) is 10.3. The Morgan fingerprint density at radius 2 is 1.89 bits per heavy atom. The minimum atomic E-state index is -0.366. The highest BCUT2D eigenvalue weighted by Crippen LogP contribution is 2.22. The lowest BCUT2D eigenvalue weighted by Gasteiger charge is -2.11. The van der Waals surface area contributed by atoms with E-state index in [1.165, 1.54) is 25.3 Å². The van der Waals surface area contributed by atoms with Crippen LogP contribution in [0.5, 0.6) is 5.75 Å². The summed E-state index contributed by atoms with van der Waals surface area (Å²) in [5.74, 6) is -0.0942. The van der Waals surface area contributed by atoms with Gasteiger partial charge in [-0.2, -0.15) is 0 Å². The zero-order valence-corrected chi connectivity index (χ0v) is 10.8. The summed E-state index contributed by atoms with van der Waals surface area (Å²) in [4.78, 5) is 0. The molecule has 0 fully saturated rings. The minimum absolute atomic E-state index is 0.298. The first-order chi connectivity index (χ1) is 9.10. The molecule has 0 amide bonds. The number of methoxy groups -OCH3 is 1. The van der Waals surface area contributed by atoms with Crippen molar-refractivity contribution in [2.24, 2.45) is 0 Å². The predicted octanol–water partition coefficient (Wildman–Crippen LogP) is 3.89. The van der Waals surface area contributed by atoms with E-state index in [0.29, 0.717) is 18.0 Å². The average Bonchev–Trinajstić information content (AvgIpc) is 2.41. The molecule has 4 heteroatoms. The first kappa shape index (κ1) is 13.3. The van der Waals surface area contributed by atoms with Crippen molar-refractivity contribution in [3.8, 4) is 5.75 Å². The summed E-state index contributed by atoms with van der Waals surface area (Å²) in [5.41, 5.74) is 2.09. The summed E-state index contributed by atoms with van der Waals surface area (Å²) in [5, 5.41) is 2.95. The molecule has 0 aliphatic carbocycles. The van der Waals surface area contributed by atoms with Gasteiger partial charge in [0.05, 0.1) is 12.8 Å². The van der Waals surface area contributed by atoms with E-state index < -0.39 is 0 Å². The molecule has 2 rings (SSSR count). The number of ether oxygens (including phenoxy) is 1. The number of benzene rings is 2. The van der Waals surface area contributed by atoms with Gasteiger partial charge in [-0.25, -0.2) is 8.78 Å². The molecule has 0 heterocycles. The summed E-state index contributed by atoms with van der Waals surface area (Å²) in [6.07, 6.45) is 0. The highest BCUT2D eigenvalue weighted by molar-refractivity contribution is 5.50. The quantitative estimate of drug-likeness (QED) is 0.903. The Hall–Kier alpha value is -2.10. The van der Waals surface area contributed by atoms with Crippen molar-refractivity contribution in [2.75, 3.05) is 12.4 Å². The first-order valence-electron chi connectivity index (χ1n) is 5.92. The van der Waals surface area contributed by atoms with Crippen LogP contribution in [-0.4, -0.2) is 7.11 Å². The highest BCUT2D eigenvalue weighted by atomic mass is 19.1. The number of rotatable bonds is 4. The molecule has 0 saturated carbocycles. The molecule has 2 aromatic carbocycles. The minimum Gasteiger partial charge on any atom is -0.497 e. The van der Waals surface area contributed by atoms with Crippen molar-refractivity contribution in [3.63, 3.8) is 0 Å². The van der Waals surface area contributed by atoms with Crippen LogP contribution in [-0.2, 0) is 6.54 Å². The van der Waals surface area contributed by atoms with Gasteiger partial charge in [0.1, 0.15) is 17.4 Å². The molecule has 0 aliphatic heterocycles. The number of halogens is 2. The fourth-order valence-electron chi connectivity index (χ4n) is 1.79. The smallest absolute Gasteiger partial charge is 0.146 e. The topological polar surface area (TPSA) is 21.3 Å². The van der Waals surface area contributed by atoms with E-state index in [1.807, 2.05) is 6.92 Å². The van der Waals surface area contributed by atoms with E-state index in [-0.39, 0.29) is 11.6 Å². The monoisotopic (exact) mass is 263 g/mol. The van der Waals surface area contributed by atoms with Crippen molar-refractivity contribution in [2.45, 2.75) is 13.5 Å². The van der Waals surface area contributed by atoms with E-state index >= 15 is 0 Å². The third-order valence-corrected chi connectivity index (χ3v) is 2.95. The fraction of sp³-hybridized carbons (Fsp3) is 0.200. The summed E-state index contributed by atoms with van der Waals surface area (Å²) in [6.45, 7) is 2.24. The summed E-state index contributed by atoms with van der Waals surface area (Å²) >= 11 is 0. The maximum absolute atomic E-state index is 13.6. The molecule has 1 N–H and O–H groups in total. The first-order valence-corrected chi connectivity index (χ1v) is 5.92. The maximum Gasteiger partial charge on any atom is 0.146 e. The van der Waals surface area contributed by atoms with Crippen LogP contribution in [0.2, 0.25) is 0 Å². The number of anilines is 1. The molecule has 100 valence electrons. The molecular formula is C15H15F2NO. The zero-order valence-electron chi connectivity index (χ0n) is 10.8. The lowest BCUT2D eigenvalue weighted by molar-refractivity contribution is 0.414. The SMILES string of the molecule is COc1ccc(F)c(NCc2cc(F)ccc2C)c1. The Labute approximate surface area is 111 Å². The molecule has 0 unspecified atom stereocenters. The maximum atomic E-state index is 13.6. The Morgan fingerprint density at radius 3 is 2.63 bits per heavy atom. The fourth-order valence-corrected chi connectivity index (χ4v) is 1.79. The molecule has 2 aromatic rings. The van der Waals surface area contributed by atoms with Gasteiger partial charge in [0.25, 0.3) is 0 Å². The molecule has 0 spiro atoms. The Morgan fingerprint density at radius 1 is 1.11 bits per heavy atom. The Kier molecular flexibility index (Phi) is 4.00. The molecule has 0 aromatic heterocycles. The lowest BCUT2D eigenvalue weighted by atomic mass is 10.1. The van der Waals surface area contributed by atoms with Crippen LogP contribution in [0.3, 0.4) is 0 Å². The summed E-state index contributed by atoms with van der Waals surface area (Å²) < 4.78 is 31.8. The van der Waals surface area contributed by atoms with Gasteiger partial charge < -0.3 is 10.1 Å².